The summed E-state index contributed by atoms with van der Waals surface area (Å²) in [6.07, 6.45) is 6.69. The van der Waals surface area contributed by atoms with Crippen LogP contribution < -0.4 is 10.6 Å². The van der Waals surface area contributed by atoms with Crippen LogP contribution in [0.1, 0.15) is 36.1 Å². The molecule has 1 aromatic heterocycles. The van der Waals surface area contributed by atoms with Crippen molar-refractivity contribution in [2.24, 2.45) is 4.99 Å². The molecule has 0 amide bonds. The molecule has 0 atom stereocenters. The number of aliphatic imine (C=N–C) groups is 1. The van der Waals surface area contributed by atoms with E-state index < -0.39 is 0 Å². The van der Waals surface area contributed by atoms with Gasteiger partial charge >= 0.3 is 0 Å². The summed E-state index contributed by atoms with van der Waals surface area (Å²) in [5.74, 6) is 0.877. The van der Waals surface area contributed by atoms with Crippen molar-refractivity contribution in [3.8, 4) is 0 Å². The molecule has 1 heterocycles. The monoisotopic (exact) mass is 336 g/mol. The summed E-state index contributed by atoms with van der Waals surface area (Å²) >= 11 is 0. The second kappa shape index (κ2) is 8.15. The molecule has 1 aromatic carbocycles. The maximum Gasteiger partial charge on any atom is 0.191 e. The smallest absolute Gasteiger partial charge is 0.191 e. The van der Waals surface area contributed by atoms with Gasteiger partial charge in [0.05, 0.1) is 0 Å². The van der Waals surface area contributed by atoms with Gasteiger partial charge in [-0.25, -0.2) is 0 Å². The summed E-state index contributed by atoms with van der Waals surface area (Å²) in [6, 6.07) is 15.1. The molecule has 0 unspecified atom stereocenters. The van der Waals surface area contributed by atoms with Crippen molar-refractivity contribution in [3.05, 3.63) is 65.5 Å². The largest absolute Gasteiger partial charge is 0.356 e. The lowest BCUT2D eigenvalue weighted by Crippen LogP contribution is -2.49. The number of nitrogens with one attached hydrogen (secondary N) is 2. The summed E-state index contributed by atoms with van der Waals surface area (Å²) in [4.78, 5) is 8.71. The third-order valence-electron chi connectivity index (χ3n) is 5.19. The second-order valence-electron chi connectivity index (χ2n) is 6.91. The molecule has 0 bridgehead atoms. The first-order valence-corrected chi connectivity index (χ1v) is 9.13. The van der Waals surface area contributed by atoms with Gasteiger partial charge in [-0.05, 0) is 43.4 Å². The number of pyridine rings is 1. The van der Waals surface area contributed by atoms with Crippen LogP contribution in [0.3, 0.4) is 0 Å². The fraction of sp³-hybridized carbons (Fsp3) is 0.429. The van der Waals surface area contributed by atoms with Gasteiger partial charge in [-0.3, -0.25) is 9.98 Å². The molecule has 132 valence electrons. The Hall–Kier alpha value is -2.36. The minimum Gasteiger partial charge on any atom is -0.356 e. The Kier molecular flexibility index (Phi) is 5.69. The lowest BCUT2D eigenvalue weighted by Gasteiger charge is -2.43. The maximum atomic E-state index is 4.37. The average Bonchev–Trinajstić information content (AvgIpc) is 2.62. The lowest BCUT2D eigenvalue weighted by atomic mass is 9.64. The number of nitrogens with zero attached hydrogens (tertiary/aromatic N) is 2. The number of hydrogen-bond donors (Lipinski definition) is 2. The molecular formula is C21H28N4. The highest BCUT2D eigenvalue weighted by Crippen LogP contribution is 2.43. The highest BCUT2D eigenvalue weighted by Gasteiger charge is 2.38. The van der Waals surface area contributed by atoms with Gasteiger partial charge in [0.1, 0.15) is 0 Å². The number of aryl methyl sites for hydroxylation is 1. The van der Waals surface area contributed by atoms with Gasteiger partial charge in [-0.1, -0.05) is 42.8 Å². The van der Waals surface area contributed by atoms with E-state index in [0.29, 0.717) is 0 Å². The van der Waals surface area contributed by atoms with Crippen molar-refractivity contribution in [1.29, 1.82) is 0 Å². The van der Waals surface area contributed by atoms with Crippen LogP contribution in [0.2, 0.25) is 0 Å². The van der Waals surface area contributed by atoms with E-state index in [1.165, 1.54) is 30.4 Å². The normalized spacial score (nSPS) is 16.2. The van der Waals surface area contributed by atoms with Gasteiger partial charge < -0.3 is 10.6 Å². The van der Waals surface area contributed by atoms with Crippen LogP contribution in [0.4, 0.5) is 0 Å². The molecule has 1 aliphatic carbocycles. The van der Waals surface area contributed by atoms with Crippen LogP contribution in [0.5, 0.6) is 0 Å². The Bertz CT molecular complexity index is 688. The van der Waals surface area contributed by atoms with Crippen LogP contribution in [0.25, 0.3) is 0 Å². The zero-order valence-electron chi connectivity index (χ0n) is 15.3. The molecule has 1 fully saturated rings. The first-order valence-electron chi connectivity index (χ1n) is 9.13. The number of hydrogen-bond acceptors (Lipinski definition) is 2. The summed E-state index contributed by atoms with van der Waals surface area (Å²) in [5, 5.41) is 6.95. The summed E-state index contributed by atoms with van der Waals surface area (Å²) in [7, 11) is 1.83. The van der Waals surface area contributed by atoms with Gasteiger partial charge in [0.2, 0.25) is 0 Å². The standard InChI is InChI=1S/C21H28N4/c1-17-9-10-18(15-24-17)11-14-23-20(22-2)25-16-21(12-6-13-21)19-7-4-3-5-8-19/h3-5,7-10,15H,6,11-14,16H2,1-2H3,(H2,22,23,25). The van der Waals surface area contributed by atoms with E-state index in [1.807, 2.05) is 20.2 Å². The van der Waals surface area contributed by atoms with Crippen molar-refractivity contribution in [3.63, 3.8) is 0 Å². The Morgan fingerprint density at radius 1 is 1.12 bits per heavy atom. The van der Waals surface area contributed by atoms with Gasteiger partial charge in [0.15, 0.2) is 5.96 Å². The van der Waals surface area contributed by atoms with E-state index in [-0.39, 0.29) is 5.41 Å². The number of guanidine groups is 1. The fourth-order valence-electron chi connectivity index (χ4n) is 3.41. The Balaban J connectivity index is 1.50. The van der Waals surface area contributed by atoms with Gasteiger partial charge in [0.25, 0.3) is 0 Å². The molecule has 0 spiro atoms. The van der Waals surface area contributed by atoms with E-state index in [9.17, 15) is 0 Å². The first-order chi connectivity index (χ1) is 12.2. The van der Waals surface area contributed by atoms with Crippen molar-refractivity contribution in [2.45, 2.75) is 38.0 Å². The molecule has 0 saturated heterocycles. The molecule has 1 aliphatic rings. The molecule has 4 heteroatoms. The molecule has 3 rings (SSSR count). The summed E-state index contributed by atoms with van der Waals surface area (Å²) in [6.45, 7) is 3.79. The molecule has 2 N–H and O–H groups in total. The molecule has 4 nitrogen and oxygen atoms in total. The average molecular weight is 336 g/mol. The number of benzene rings is 1. The molecule has 0 aliphatic heterocycles. The van der Waals surface area contributed by atoms with Gasteiger partial charge in [-0.2, -0.15) is 0 Å². The third-order valence-corrected chi connectivity index (χ3v) is 5.19. The minimum absolute atomic E-state index is 0.264. The van der Waals surface area contributed by atoms with Crippen LogP contribution in [0.15, 0.2) is 53.7 Å². The zero-order chi connectivity index (χ0) is 17.5. The van der Waals surface area contributed by atoms with E-state index in [1.54, 1.807) is 0 Å². The van der Waals surface area contributed by atoms with E-state index in [0.717, 1.165) is 31.2 Å². The van der Waals surface area contributed by atoms with Crippen molar-refractivity contribution in [1.82, 2.24) is 15.6 Å². The molecule has 1 saturated carbocycles. The van der Waals surface area contributed by atoms with E-state index in [4.69, 9.17) is 0 Å². The third kappa shape index (κ3) is 4.38. The second-order valence-corrected chi connectivity index (χ2v) is 6.91. The van der Waals surface area contributed by atoms with Crippen molar-refractivity contribution >= 4 is 5.96 Å². The molecule has 25 heavy (non-hydrogen) atoms. The minimum atomic E-state index is 0.264. The number of rotatable bonds is 6. The van der Waals surface area contributed by atoms with Gasteiger partial charge in [-0.15, -0.1) is 0 Å². The van der Waals surface area contributed by atoms with Crippen LogP contribution in [0, 0.1) is 6.92 Å². The van der Waals surface area contributed by atoms with Crippen molar-refractivity contribution in [2.75, 3.05) is 20.1 Å². The predicted octanol–water partition coefficient (Wildman–Crippen LogP) is 3.22. The van der Waals surface area contributed by atoms with Crippen LogP contribution in [-0.4, -0.2) is 31.1 Å². The first kappa shape index (κ1) is 17.5. The Morgan fingerprint density at radius 2 is 1.92 bits per heavy atom. The van der Waals surface area contributed by atoms with Gasteiger partial charge in [0, 0.05) is 37.4 Å². The molecular weight excluding hydrogens is 308 g/mol. The number of aromatic nitrogens is 1. The van der Waals surface area contributed by atoms with Crippen LogP contribution >= 0.6 is 0 Å². The summed E-state index contributed by atoms with van der Waals surface area (Å²) in [5.41, 5.74) is 4.00. The highest BCUT2D eigenvalue weighted by molar-refractivity contribution is 5.79. The van der Waals surface area contributed by atoms with Crippen LogP contribution in [-0.2, 0) is 11.8 Å². The van der Waals surface area contributed by atoms with E-state index in [2.05, 4.69) is 63.1 Å². The predicted molar refractivity (Wildman–Crippen MR) is 104 cm³/mol. The maximum absolute atomic E-state index is 4.37. The SMILES string of the molecule is CN=C(NCCc1ccc(C)nc1)NCC1(c2ccccc2)CCC1. The zero-order valence-corrected chi connectivity index (χ0v) is 15.3. The highest BCUT2D eigenvalue weighted by atomic mass is 15.2. The Morgan fingerprint density at radius 3 is 2.52 bits per heavy atom. The fourth-order valence-corrected chi connectivity index (χ4v) is 3.41. The topological polar surface area (TPSA) is 49.3 Å². The Labute approximate surface area is 150 Å². The van der Waals surface area contributed by atoms with Crippen molar-refractivity contribution < 1.29 is 0 Å². The molecule has 2 aromatic rings. The lowest BCUT2D eigenvalue weighted by molar-refractivity contribution is 0.244. The van der Waals surface area contributed by atoms with E-state index >= 15 is 0 Å². The molecule has 0 radical (unpaired) electrons. The summed E-state index contributed by atoms with van der Waals surface area (Å²) < 4.78 is 0. The quantitative estimate of drug-likeness (QED) is 0.629.